The lowest BCUT2D eigenvalue weighted by Gasteiger charge is -2.21. The van der Waals surface area contributed by atoms with Crippen LogP contribution in [0.15, 0.2) is 12.2 Å². The quantitative estimate of drug-likeness (QED) is 0.775. The van der Waals surface area contributed by atoms with Gasteiger partial charge in [0.15, 0.2) is 0 Å². The fraction of sp³-hybridized carbons (Fsp3) is 0.700. The lowest BCUT2D eigenvalue weighted by atomic mass is 10.2. The van der Waals surface area contributed by atoms with Crippen molar-refractivity contribution in [3.05, 3.63) is 12.2 Å². The molecule has 86 valence electrons. The second-order valence-electron chi connectivity index (χ2n) is 4.72. The van der Waals surface area contributed by atoms with Crippen molar-refractivity contribution in [1.82, 2.24) is 5.32 Å². The number of rotatable bonds is 2. The Morgan fingerprint density at radius 1 is 1.40 bits per heavy atom. The summed E-state index contributed by atoms with van der Waals surface area (Å²) in [6.07, 6.45) is -0.592. The van der Waals surface area contributed by atoms with Crippen molar-refractivity contribution in [1.29, 1.82) is 0 Å². The highest BCUT2D eigenvalue weighted by Gasteiger charge is 2.44. The molecule has 1 saturated carbocycles. The zero-order valence-electron chi connectivity index (χ0n) is 9.06. The maximum absolute atomic E-state index is 12.0. The summed E-state index contributed by atoms with van der Waals surface area (Å²) < 4.78 is 29.0. The molecular weight excluding hydrogens is 204 g/mol. The zero-order chi connectivity index (χ0) is 11.7. The minimum atomic E-state index is -1.77. The molecule has 0 saturated heterocycles. The van der Waals surface area contributed by atoms with Gasteiger partial charge in [-0.05, 0) is 33.6 Å². The van der Waals surface area contributed by atoms with Gasteiger partial charge in [-0.3, -0.25) is 0 Å². The molecule has 0 atom stereocenters. The number of carbonyl (C=O) groups is 1. The van der Waals surface area contributed by atoms with Gasteiger partial charge in [-0.2, -0.15) is 8.78 Å². The zero-order valence-corrected chi connectivity index (χ0v) is 9.06. The van der Waals surface area contributed by atoms with Crippen molar-refractivity contribution in [2.45, 2.75) is 44.8 Å². The number of nitrogens with one attached hydrogen (secondary N) is 1. The van der Waals surface area contributed by atoms with Crippen LogP contribution in [0.4, 0.5) is 13.6 Å². The lowest BCUT2D eigenvalue weighted by molar-refractivity contribution is 0.0508. The largest absolute Gasteiger partial charge is 0.444 e. The Bertz CT molecular complexity index is 286. The number of hydrogen-bond donors (Lipinski definition) is 1. The molecule has 0 bridgehead atoms. The fourth-order valence-electron chi connectivity index (χ4n) is 1.16. The Labute approximate surface area is 87.5 Å². The summed E-state index contributed by atoms with van der Waals surface area (Å²) in [4.78, 5) is 11.3. The van der Waals surface area contributed by atoms with Crippen molar-refractivity contribution in [3.63, 3.8) is 0 Å². The molecule has 15 heavy (non-hydrogen) atoms. The Kier molecular flexibility index (Phi) is 3.02. The van der Waals surface area contributed by atoms with E-state index in [4.69, 9.17) is 4.74 Å². The van der Waals surface area contributed by atoms with Crippen LogP contribution in [0.5, 0.6) is 0 Å². The van der Waals surface area contributed by atoms with Crippen LogP contribution in [0.25, 0.3) is 0 Å². The first kappa shape index (κ1) is 11.9. The van der Waals surface area contributed by atoms with E-state index in [1.165, 1.54) is 0 Å². The molecule has 1 fully saturated rings. The molecule has 1 aliphatic carbocycles. The first-order chi connectivity index (χ1) is 6.72. The van der Waals surface area contributed by atoms with E-state index in [-0.39, 0.29) is 0 Å². The van der Waals surface area contributed by atoms with E-state index < -0.39 is 23.3 Å². The molecule has 0 radical (unpaired) electrons. The highest BCUT2D eigenvalue weighted by molar-refractivity contribution is 5.70. The second kappa shape index (κ2) is 3.79. The van der Waals surface area contributed by atoms with Gasteiger partial charge in [-0.25, -0.2) is 4.79 Å². The summed E-state index contributed by atoms with van der Waals surface area (Å²) in [5.41, 5.74) is -1.49. The monoisotopic (exact) mass is 219 g/mol. The van der Waals surface area contributed by atoms with Gasteiger partial charge < -0.3 is 10.1 Å². The predicted molar refractivity (Wildman–Crippen MR) is 51.6 cm³/mol. The van der Waals surface area contributed by atoms with Crippen LogP contribution >= 0.6 is 0 Å². The van der Waals surface area contributed by atoms with Crippen molar-refractivity contribution < 1.29 is 18.3 Å². The van der Waals surface area contributed by atoms with Gasteiger partial charge in [-0.1, -0.05) is 0 Å². The summed E-state index contributed by atoms with van der Waals surface area (Å²) in [6.45, 7) is 5.16. The van der Waals surface area contributed by atoms with Gasteiger partial charge in [0.05, 0.1) is 5.54 Å². The molecule has 3 nitrogen and oxygen atoms in total. The van der Waals surface area contributed by atoms with Gasteiger partial charge in [0, 0.05) is 6.08 Å². The van der Waals surface area contributed by atoms with E-state index in [2.05, 4.69) is 5.32 Å². The van der Waals surface area contributed by atoms with Crippen LogP contribution in [0, 0.1) is 0 Å². The predicted octanol–water partition coefficient (Wildman–Crippen LogP) is 2.82. The average Bonchev–Trinajstić information content (AvgIpc) is 2.61. The van der Waals surface area contributed by atoms with E-state index >= 15 is 0 Å². The molecule has 0 spiro atoms. The number of hydrogen-bond acceptors (Lipinski definition) is 2. The summed E-state index contributed by atoms with van der Waals surface area (Å²) in [6, 6.07) is 0. The highest BCUT2D eigenvalue weighted by Crippen LogP contribution is 2.38. The van der Waals surface area contributed by atoms with Gasteiger partial charge in [-0.15, -0.1) is 0 Å². The normalized spacial score (nSPS) is 17.9. The minimum absolute atomic E-state index is 0.531. The Morgan fingerprint density at radius 2 is 1.93 bits per heavy atom. The minimum Gasteiger partial charge on any atom is -0.444 e. The molecular formula is C10H15F2NO2. The van der Waals surface area contributed by atoms with Crippen molar-refractivity contribution in [2.24, 2.45) is 0 Å². The molecule has 0 aromatic heterocycles. The summed E-state index contributed by atoms with van der Waals surface area (Å²) in [5, 5.41) is 2.44. The summed E-state index contributed by atoms with van der Waals surface area (Å²) in [7, 11) is 0. The molecule has 0 aliphatic heterocycles. The van der Waals surface area contributed by atoms with Crippen LogP contribution in [-0.4, -0.2) is 17.2 Å². The number of carbonyl (C=O) groups excluding carboxylic acids is 1. The van der Waals surface area contributed by atoms with E-state index in [0.29, 0.717) is 12.8 Å². The molecule has 0 aromatic carbocycles. The molecule has 1 N–H and O–H groups in total. The molecule has 1 aliphatic rings. The third kappa shape index (κ3) is 4.27. The number of ether oxygens (including phenoxy) is 1. The topological polar surface area (TPSA) is 38.3 Å². The third-order valence-electron chi connectivity index (χ3n) is 1.92. The lowest BCUT2D eigenvalue weighted by Crippen LogP contribution is -2.39. The van der Waals surface area contributed by atoms with Crippen LogP contribution in [0.2, 0.25) is 0 Å². The Hall–Kier alpha value is -1.13. The van der Waals surface area contributed by atoms with E-state index in [1.807, 2.05) is 0 Å². The van der Waals surface area contributed by atoms with Crippen molar-refractivity contribution >= 4 is 6.09 Å². The number of halogens is 2. The number of amides is 1. The SMILES string of the molecule is CC(C)(C)OC(=O)NC1(C=C(F)F)CC1. The van der Waals surface area contributed by atoms with Crippen molar-refractivity contribution in [2.75, 3.05) is 0 Å². The molecule has 0 unspecified atom stereocenters. The van der Waals surface area contributed by atoms with Gasteiger partial charge >= 0.3 is 6.09 Å². The number of alkyl carbamates (subject to hydrolysis) is 1. The molecule has 0 heterocycles. The molecule has 0 aromatic rings. The maximum Gasteiger partial charge on any atom is 0.408 e. The second-order valence-corrected chi connectivity index (χ2v) is 4.72. The Morgan fingerprint density at radius 3 is 2.27 bits per heavy atom. The third-order valence-corrected chi connectivity index (χ3v) is 1.92. The first-order valence-corrected chi connectivity index (χ1v) is 4.77. The standard InChI is InChI=1S/C10H15F2NO2/c1-9(2,3)15-8(14)13-10(4-5-10)6-7(11)12/h6H,4-5H2,1-3H3,(H,13,14). The van der Waals surface area contributed by atoms with Crippen LogP contribution in [0.3, 0.4) is 0 Å². The van der Waals surface area contributed by atoms with Gasteiger partial charge in [0.1, 0.15) is 5.60 Å². The highest BCUT2D eigenvalue weighted by atomic mass is 19.3. The smallest absolute Gasteiger partial charge is 0.408 e. The van der Waals surface area contributed by atoms with Gasteiger partial charge in [0.25, 0.3) is 6.08 Å². The Balaban J connectivity index is 2.49. The van der Waals surface area contributed by atoms with Crippen molar-refractivity contribution in [3.8, 4) is 0 Å². The first-order valence-electron chi connectivity index (χ1n) is 4.77. The molecule has 5 heteroatoms. The van der Waals surface area contributed by atoms with E-state index in [9.17, 15) is 13.6 Å². The van der Waals surface area contributed by atoms with Crippen LogP contribution in [0.1, 0.15) is 33.6 Å². The fourth-order valence-corrected chi connectivity index (χ4v) is 1.16. The summed E-state index contributed by atoms with van der Waals surface area (Å²) >= 11 is 0. The molecule has 1 rings (SSSR count). The summed E-state index contributed by atoms with van der Waals surface area (Å²) in [5.74, 6) is 0. The maximum atomic E-state index is 12.0. The van der Waals surface area contributed by atoms with Crippen LogP contribution in [-0.2, 0) is 4.74 Å². The van der Waals surface area contributed by atoms with Crippen LogP contribution < -0.4 is 5.32 Å². The van der Waals surface area contributed by atoms with Gasteiger partial charge in [0.2, 0.25) is 0 Å². The molecule has 1 amide bonds. The van der Waals surface area contributed by atoms with E-state index in [0.717, 1.165) is 6.08 Å². The average molecular weight is 219 g/mol. The van der Waals surface area contributed by atoms with E-state index in [1.54, 1.807) is 20.8 Å².